The highest BCUT2D eigenvalue weighted by Gasteiger charge is 2.38. The van der Waals surface area contributed by atoms with Gasteiger partial charge in [0, 0.05) is 22.3 Å². The molecule has 0 atom stereocenters. The molecule has 0 aliphatic carbocycles. The largest absolute Gasteiger partial charge is 0.316 e. The number of fused-ring (bicyclic) bond motifs is 7. The number of rotatable bonds is 2. The van der Waals surface area contributed by atoms with Crippen molar-refractivity contribution in [1.29, 1.82) is 0 Å². The van der Waals surface area contributed by atoms with Crippen LogP contribution in [0.15, 0.2) is 109 Å². The second-order valence-electron chi connectivity index (χ2n) is 12.9. The maximum Gasteiger partial charge on any atom is 0.123 e. The third kappa shape index (κ3) is 4.71. The van der Waals surface area contributed by atoms with Gasteiger partial charge in [0.25, 0.3) is 0 Å². The summed E-state index contributed by atoms with van der Waals surface area (Å²) in [5.41, 5.74) is 9.82. The Morgan fingerprint density at radius 1 is 0.455 bits per heavy atom. The van der Waals surface area contributed by atoms with Crippen molar-refractivity contribution in [2.75, 3.05) is 13.1 Å². The first-order valence-electron chi connectivity index (χ1n) is 16.1. The molecule has 218 valence electrons. The van der Waals surface area contributed by atoms with Gasteiger partial charge in [0.1, 0.15) is 24.7 Å². The molecule has 2 heterocycles. The van der Waals surface area contributed by atoms with Crippen LogP contribution in [0.3, 0.4) is 0 Å². The monoisotopic (exact) mass is 580 g/mol. The van der Waals surface area contributed by atoms with Gasteiger partial charge in [0.05, 0.1) is 13.1 Å². The average molecular weight is 581 g/mol. The maximum atomic E-state index is 14.2. The minimum atomic E-state index is -0.215. The molecule has 0 N–H and O–H groups in total. The Bertz CT molecular complexity index is 1860. The van der Waals surface area contributed by atoms with Gasteiger partial charge < -0.3 is 4.48 Å². The van der Waals surface area contributed by atoms with Crippen molar-refractivity contribution in [3.63, 3.8) is 0 Å². The van der Waals surface area contributed by atoms with E-state index in [-0.39, 0.29) is 11.6 Å². The standard InChI is InChI=1S/C41H36F2N/c42-32-18-14-28(15-19-32)36-24-30-10-4-6-12-34(30)40-38(36)26-44(22-8-2-1-3-9-23-44)27-39-37(29-16-20-33(43)21-17-29)25-31-11-5-7-13-35(31)41(39)40/h4-7,10-21,24-25H,1-3,8-9,22-23,26-27H2/q+1. The van der Waals surface area contributed by atoms with E-state index >= 15 is 0 Å². The average Bonchev–Trinajstić information content (AvgIpc) is 3.19. The first kappa shape index (κ1) is 27.2. The lowest BCUT2D eigenvalue weighted by Crippen LogP contribution is -2.48. The number of nitrogens with zero attached hydrogens (tertiary/aromatic N) is 1. The minimum absolute atomic E-state index is 0.215. The van der Waals surface area contributed by atoms with E-state index in [0.29, 0.717) is 0 Å². The Hall–Kier alpha value is -4.34. The fourth-order valence-corrected chi connectivity index (χ4v) is 8.03. The normalized spacial score (nSPS) is 16.2. The molecule has 0 amide bonds. The Labute approximate surface area is 258 Å². The molecule has 2 aliphatic rings. The van der Waals surface area contributed by atoms with Crippen molar-refractivity contribution >= 4 is 21.5 Å². The van der Waals surface area contributed by atoms with Crippen molar-refractivity contribution in [3.8, 4) is 33.4 Å². The molecule has 2 aliphatic heterocycles. The number of hydrogen-bond acceptors (Lipinski definition) is 0. The summed E-state index contributed by atoms with van der Waals surface area (Å²) in [7, 11) is 0. The highest BCUT2D eigenvalue weighted by atomic mass is 19.1. The van der Waals surface area contributed by atoms with Crippen LogP contribution in [0.1, 0.15) is 43.2 Å². The second kappa shape index (κ2) is 11.0. The van der Waals surface area contributed by atoms with Crippen molar-refractivity contribution in [3.05, 3.63) is 132 Å². The van der Waals surface area contributed by atoms with Crippen LogP contribution < -0.4 is 0 Å². The van der Waals surface area contributed by atoms with Gasteiger partial charge in [-0.05, 0) is 106 Å². The highest BCUT2D eigenvalue weighted by molar-refractivity contribution is 6.11. The lowest BCUT2D eigenvalue weighted by molar-refractivity contribution is -0.954. The molecule has 8 rings (SSSR count). The summed E-state index contributed by atoms with van der Waals surface area (Å²) < 4.78 is 29.4. The van der Waals surface area contributed by atoms with Gasteiger partial charge in [-0.3, -0.25) is 0 Å². The Kier molecular flexibility index (Phi) is 6.80. The molecule has 6 aromatic rings. The molecule has 1 saturated heterocycles. The van der Waals surface area contributed by atoms with Crippen molar-refractivity contribution in [1.82, 2.24) is 0 Å². The van der Waals surface area contributed by atoms with Crippen molar-refractivity contribution in [2.24, 2.45) is 0 Å². The van der Waals surface area contributed by atoms with Gasteiger partial charge in [-0.25, -0.2) is 8.78 Å². The highest BCUT2D eigenvalue weighted by Crippen LogP contribution is 2.50. The van der Waals surface area contributed by atoms with E-state index in [1.165, 1.54) is 87.0 Å². The van der Waals surface area contributed by atoms with Gasteiger partial charge in [-0.15, -0.1) is 0 Å². The molecule has 0 radical (unpaired) electrons. The summed E-state index contributed by atoms with van der Waals surface area (Å²) in [6, 6.07) is 36.3. The van der Waals surface area contributed by atoms with E-state index in [1.807, 2.05) is 24.3 Å². The van der Waals surface area contributed by atoms with Gasteiger partial charge in [0.15, 0.2) is 0 Å². The fourth-order valence-electron chi connectivity index (χ4n) is 8.03. The van der Waals surface area contributed by atoms with Gasteiger partial charge >= 0.3 is 0 Å². The lowest BCUT2D eigenvalue weighted by Gasteiger charge is -2.40. The first-order chi connectivity index (χ1) is 21.6. The Morgan fingerprint density at radius 2 is 0.864 bits per heavy atom. The van der Waals surface area contributed by atoms with Crippen molar-refractivity contribution in [2.45, 2.75) is 45.2 Å². The van der Waals surface area contributed by atoms with Crippen molar-refractivity contribution < 1.29 is 13.3 Å². The van der Waals surface area contributed by atoms with Gasteiger partial charge in [0.2, 0.25) is 0 Å². The van der Waals surface area contributed by atoms with E-state index in [2.05, 4.69) is 60.7 Å². The SMILES string of the molecule is Fc1ccc(-c2cc3ccccc3c3c2C[N+]2(CCCCCCC2)Cc2c(-c4ccc(F)cc4)cc4ccccc4c2-3)cc1. The summed E-state index contributed by atoms with van der Waals surface area (Å²) >= 11 is 0. The van der Waals surface area contributed by atoms with E-state index < -0.39 is 0 Å². The molecule has 44 heavy (non-hydrogen) atoms. The fraction of sp³-hybridized carbons (Fsp3) is 0.220. The van der Waals surface area contributed by atoms with Gasteiger partial charge in [-0.2, -0.15) is 0 Å². The molecular weight excluding hydrogens is 544 g/mol. The minimum Gasteiger partial charge on any atom is -0.316 e. The predicted molar refractivity (Wildman–Crippen MR) is 178 cm³/mol. The molecule has 0 aromatic heterocycles. The van der Waals surface area contributed by atoms with Crippen LogP contribution in [-0.4, -0.2) is 17.6 Å². The third-order valence-corrected chi connectivity index (χ3v) is 10.1. The van der Waals surface area contributed by atoms with Crippen LogP contribution in [-0.2, 0) is 13.1 Å². The summed E-state index contributed by atoms with van der Waals surface area (Å²) in [4.78, 5) is 0. The number of benzene rings is 6. The van der Waals surface area contributed by atoms with Crippen LogP contribution >= 0.6 is 0 Å². The number of hydrogen-bond donors (Lipinski definition) is 0. The first-order valence-corrected chi connectivity index (χ1v) is 16.1. The summed E-state index contributed by atoms with van der Waals surface area (Å²) in [6.07, 6.45) is 6.27. The molecule has 3 heteroatoms. The zero-order chi connectivity index (χ0) is 29.7. The lowest BCUT2D eigenvalue weighted by atomic mass is 9.82. The molecule has 0 unspecified atom stereocenters. The molecule has 1 nitrogen and oxygen atoms in total. The number of quaternary nitrogens is 1. The van der Waals surface area contributed by atoms with E-state index in [0.717, 1.165) is 41.8 Å². The Morgan fingerprint density at radius 3 is 1.32 bits per heavy atom. The van der Waals surface area contributed by atoms with E-state index in [1.54, 1.807) is 24.3 Å². The molecule has 1 fully saturated rings. The van der Waals surface area contributed by atoms with Crippen LogP contribution in [0.5, 0.6) is 0 Å². The van der Waals surface area contributed by atoms with E-state index in [4.69, 9.17) is 0 Å². The quantitative estimate of drug-likeness (QED) is 0.179. The second-order valence-corrected chi connectivity index (χ2v) is 12.9. The van der Waals surface area contributed by atoms with Crippen LogP contribution in [0.4, 0.5) is 8.78 Å². The third-order valence-electron chi connectivity index (χ3n) is 10.1. The summed E-state index contributed by atoms with van der Waals surface area (Å²) in [5, 5.41) is 4.88. The smallest absolute Gasteiger partial charge is 0.123 e. The maximum absolute atomic E-state index is 14.2. The Balaban J connectivity index is 1.54. The molecule has 0 bridgehead atoms. The zero-order valence-corrected chi connectivity index (χ0v) is 25.0. The van der Waals surface area contributed by atoms with E-state index in [9.17, 15) is 8.78 Å². The summed E-state index contributed by atoms with van der Waals surface area (Å²) in [6.45, 7) is 4.12. The van der Waals surface area contributed by atoms with Crippen LogP contribution in [0, 0.1) is 11.6 Å². The number of halogens is 2. The molecule has 1 spiro atoms. The topological polar surface area (TPSA) is 0 Å². The molecular formula is C41H36F2N+. The summed E-state index contributed by atoms with van der Waals surface area (Å²) in [5.74, 6) is -0.429. The van der Waals surface area contributed by atoms with Crippen LogP contribution in [0.25, 0.3) is 54.9 Å². The molecule has 0 saturated carbocycles. The van der Waals surface area contributed by atoms with Gasteiger partial charge in [-0.1, -0.05) is 79.2 Å². The van der Waals surface area contributed by atoms with Crippen LogP contribution in [0.2, 0.25) is 0 Å². The zero-order valence-electron chi connectivity index (χ0n) is 25.0. The molecule has 6 aromatic carbocycles. The predicted octanol–water partition coefficient (Wildman–Crippen LogP) is 11.1.